The maximum absolute atomic E-state index is 5.58. The topological polar surface area (TPSA) is 168 Å². The van der Waals surface area contributed by atoms with Crippen molar-refractivity contribution in [1.29, 1.82) is 0 Å². The lowest BCUT2D eigenvalue weighted by molar-refractivity contribution is 0.469. The summed E-state index contributed by atoms with van der Waals surface area (Å²) in [6.07, 6.45) is -1.66. The third-order valence-electron chi connectivity index (χ3n) is 14.3. The molecular formula is C62H90N16. The molecule has 78 heavy (non-hydrogen) atoms. The minimum atomic E-state index is -0.832. The Labute approximate surface area is 466 Å². The maximum Gasteiger partial charge on any atom is 0.235 e. The normalized spacial score (nSPS) is 15.5. The van der Waals surface area contributed by atoms with Gasteiger partial charge in [-0.2, -0.15) is 39.9 Å². The molecule has 0 atom stereocenters. The second-order valence-corrected chi connectivity index (χ2v) is 30.3. The van der Waals surface area contributed by atoms with Crippen molar-refractivity contribution >= 4 is 46.5 Å². The number of aryl methyl sites for hydroxylation is 4. The minimum absolute atomic E-state index is 0.456. The van der Waals surface area contributed by atoms with Crippen LogP contribution in [0.5, 0.6) is 0 Å². The second kappa shape index (κ2) is 18.6. The van der Waals surface area contributed by atoms with Gasteiger partial charge in [-0.3, -0.25) is 19.6 Å². The summed E-state index contributed by atoms with van der Waals surface area (Å²) in [7, 11) is 0. The van der Waals surface area contributed by atoms with E-state index in [-0.39, 0.29) is 0 Å². The second-order valence-electron chi connectivity index (χ2n) is 30.3. The van der Waals surface area contributed by atoms with Gasteiger partial charge in [0.15, 0.2) is 12.3 Å². The molecular weight excluding hydrogens is 969 g/mol. The zero-order chi connectivity index (χ0) is 58.3. The molecule has 0 saturated heterocycles. The molecule has 0 N–H and O–H groups in total. The molecule has 16 heteroatoms. The summed E-state index contributed by atoms with van der Waals surface area (Å²) in [4.78, 5) is 74.8. The molecule has 0 radical (unpaired) electrons. The molecule has 4 aromatic heterocycles. The number of nitrogens with zero attached hydrogens (tertiary/aromatic N) is 16. The van der Waals surface area contributed by atoms with Crippen LogP contribution in [-0.4, -0.2) is 72.1 Å². The van der Waals surface area contributed by atoms with Crippen molar-refractivity contribution in [2.45, 2.75) is 250 Å². The van der Waals surface area contributed by atoms with Crippen LogP contribution in [0.15, 0.2) is 24.3 Å². The fourth-order valence-corrected chi connectivity index (χ4v) is 9.15. The standard InChI is InChI=1S/C62H90N16/c1-33-29-37-38(30-34(33)2)76(52-69-45(57(11,12)13)64-46(70-52)58(14,15)16)41(75(37)51-67-43(55(5,6)7)63-44(68-51)56(8,9)10)42-77(53-71-47(59(17,18)19)65-48(72-53)60(20,21)22)39-31-35(3)36(4)32-40(39)78(42)54-73-49(61(23,24)25)66-50(74-54)62(26,27)28/h29-32,41-42H,1-28H3. The summed E-state index contributed by atoms with van der Waals surface area (Å²) in [5, 5.41) is 0. The lowest BCUT2D eigenvalue weighted by Crippen LogP contribution is -2.59. The third-order valence-corrected chi connectivity index (χ3v) is 14.3. The first-order valence-electron chi connectivity index (χ1n) is 27.8. The van der Waals surface area contributed by atoms with Crippen LogP contribution < -0.4 is 19.6 Å². The van der Waals surface area contributed by atoms with Crippen molar-refractivity contribution in [3.63, 3.8) is 0 Å². The number of benzene rings is 2. The molecule has 418 valence electrons. The Morgan fingerprint density at radius 1 is 0.231 bits per heavy atom. The van der Waals surface area contributed by atoms with E-state index < -0.39 is 55.7 Å². The van der Waals surface area contributed by atoms with Gasteiger partial charge in [0.1, 0.15) is 46.6 Å². The summed E-state index contributed by atoms with van der Waals surface area (Å²) in [6.45, 7) is 60.4. The Balaban J connectivity index is 1.67. The predicted molar refractivity (Wildman–Crippen MR) is 317 cm³/mol. The van der Waals surface area contributed by atoms with Crippen LogP contribution in [0, 0.1) is 27.7 Å². The van der Waals surface area contributed by atoms with E-state index in [1.807, 2.05) is 0 Å². The molecule has 2 aliphatic rings. The maximum atomic E-state index is 5.58. The highest BCUT2D eigenvalue weighted by atomic mass is 15.6. The van der Waals surface area contributed by atoms with E-state index in [1.54, 1.807) is 0 Å². The van der Waals surface area contributed by atoms with Gasteiger partial charge < -0.3 is 0 Å². The quantitative estimate of drug-likeness (QED) is 0.160. The highest BCUT2D eigenvalue weighted by Gasteiger charge is 2.56. The zero-order valence-corrected chi connectivity index (χ0v) is 52.6. The third kappa shape index (κ3) is 10.9. The number of fused-ring (bicyclic) bond motifs is 2. The summed E-state index contributed by atoms with van der Waals surface area (Å²) < 4.78 is 0. The largest absolute Gasteiger partial charge is 0.283 e. The molecule has 8 rings (SSSR count). The molecule has 16 nitrogen and oxygen atoms in total. The van der Waals surface area contributed by atoms with Crippen LogP contribution in [-0.2, 0) is 43.3 Å². The lowest BCUT2D eigenvalue weighted by atomic mass is 9.93. The molecule has 6 aromatic rings. The first kappa shape index (κ1) is 57.8. The Kier molecular flexibility index (Phi) is 13.8. The van der Waals surface area contributed by atoms with Crippen LogP contribution >= 0.6 is 0 Å². The van der Waals surface area contributed by atoms with Gasteiger partial charge in [0, 0.05) is 43.3 Å². The van der Waals surface area contributed by atoms with E-state index >= 15 is 0 Å². The van der Waals surface area contributed by atoms with Crippen LogP contribution in [0.25, 0.3) is 0 Å². The number of hydrogen-bond acceptors (Lipinski definition) is 16. The van der Waals surface area contributed by atoms with Gasteiger partial charge in [0.2, 0.25) is 23.8 Å². The Morgan fingerprint density at radius 2 is 0.359 bits per heavy atom. The van der Waals surface area contributed by atoms with Crippen molar-refractivity contribution in [1.82, 2.24) is 59.8 Å². The molecule has 2 aliphatic heterocycles. The first-order chi connectivity index (χ1) is 35.3. The van der Waals surface area contributed by atoms with E-state index in [2.05, 4.69) is 238 Å². The predicted octanol–water partition coefficient (Wildman–Crippen LogP) is 14.0. The Hall–Kier alpha value is -6.32. The lowest BCUT2D eigenvalue weighted by Gasteiger charge is -2.42. The average Bonchev–Trinajstić information content (AvgIpc) is 3.77. The monoisotopic (exact) mass is 1060 g/mol. The van der Waals surface area contributed by atoms with Gasteiger partial charge in [-0.15, -0.1) is 0 Å². The fourth-order valence-electron chi connectivity index (χ4n) is 9.15. The number of rotatable bonds is 5. The fraction of sp³-hybridized carbons (Fsp3) is 0.613. The Morgan fingerprint density at radius 3 is 0.474 bits per heavy atom. The van der Waals surface area contributed by atoms with E-state index in [0.29, 0.717) is 70.4 Å². The van der Waals surface area contributed by atoms with E-state index in [9.17, 15) is 0 Å². The van der Waals surface area contributed by atoms with Crippen molar-refractivity contribution < 1.29 is 0 Å². The van der Waals surface area contributed by atoms with E-state index in [4.69, 9.17) is 59.8 Å². The molecule has 0 spiro atoms. The highest BCUT2D eigenvalue weighted by molar-refractivity contribution is 5.92. The van der Waals surface area contributed by atoms with Crippen LogP contribution in [0.2, 0.25) is 0 Å². The minimum Gasteiger partial charge on any atom is -0.283 e. The number of aromatic nitrogens is 12. The molecule has 0 amide bonds. The summed E-state index contributed by atoms with van der Waals surface area (Å²) in [5.74, 6) is 7.27. The Bertz CT molecular complexity index is 2740. The molecule has 0 fully saturated rings. The van der Waals surface area contributed by atoms with Gasteiger partial charge >= 0.3 is 0 Å². The van der Waals surface area contributed by atoms with Gasteiger partial charge in [-0.1, -0.05) is 166 Å². The summed E-state index contributed by atoms with van der Waals surface area (Å²) >= 11 is 0. The highest BCUT2D eigenvalue weighted by Crippen LogP contribution is 2.56. The smallest absolute Gasteiger partial charge is 0.235 e. The van der Waals surface area contributed by atoms with E-state index in [1.165, 1.54) is 0 Å². The van der Waals surface area contributed by atoms with E-state index in [0.717, 1.165) is 45.0 Å². The zero-order valence-electron chi connectivity index (χ0n) is 52.6. The molecule has 2 aromatic carbocycles. The van der Waals surface area contributed by atoms with Crippen molar-refractivity contribution in [2.24, 2.45) is 0 Å². The SMILES string of the molecule is Cc1cc2c(cc1C)N(c1nc(C(C)(C)C)nc(C(C)(C)C)n1)C(C1N(c3nc(C(C)(C)C)nc(C(C)(C)C)n3)c3cc(C)c(C)cc3N1c1nc(C(C)(C)C)nc(C(C)(C)C)n1)N2c1nc(C(C)(C)C)nc(C(C)(C)C)n1. The van der Waals surface area contributed by atoms with Crippen LogP contribution in [0.4, 0.5) is 46.5 Å². The summed E-state index contributed by atoms with van der Waals surface area (Å²) in [6, 6.07) is 9.03. The van der Waals surface area contributed by atoms with Gasteiger partial charge in [-0.05, 0) is 74.2 Å². The summed E-state index contributed by atoms with van der Waals surface area (Å²) in [5.41, 5.74) is 4.22. The first-order valence-corrected chi connectivity index (χ1v) is 27.8. The number of anilines is 8. The van der Waals surface area contributed by atoms with Crippen molar-refractivity contribution in [3.05, 3.63) is 93.1 Å². The average molecular weight is 1060 g/mol. The van der Waals surface area contributed by atoms with Gasteiger partial charge in [0.25, 0.3) is 0 Å². The van der Waals surface area contributed by atoms with Crippen LogP contribution in [0.1, 0.15) is 235 Å². The number of hydrogen-bond donors (Lipinski definition) is 0. The molecule has 0 bridgehead atoms. The van der Waals surface area contributed by atoms with Crippen molar-refractivity contribution in [2.75, 3.05) is 19.6 Å². The molecule has 0 aliphatic carbocycles. The molecule has 0 saturated carbocycles. The van der Waals surface area contributed by atoms with Crippen LogP contribution in [0.3, 0.4) is 0 Å². The van der Waals surface area contributed by atoms with Gasteiger partial charge in [-0.25, -0.2) is 19.9 Å². The van der Waals surface area contributed by atoms with Gasteiger partial charge in [0.05, 0.1) is 22.7 Å². The van der Waals surface area contributed by atoms with Crippen molar-refractivity contribution in [3.8, 4) is 0 Å². The molecule has 6 heterocycles. The molecule has 0 unspecified atom stereocenters.